The molecule has 2 aromatic rings. The first-order valence-corrected chi connectivity index (χ1v) is 9.48. The van der Waals surface area contributed by atoms with Crippen LogP contribution in [0, 0.1) is 0 Å². The molecule has 1 atom stereocenters. The Morgan fingerprint density at radius 2 is 2.08 bits per heavy atom. The van der Waals surface area contributed by atoms with Crippen molar-refractivity contribution >= 4 is 23.4 Å². The number of nitrogens with zero attached hydrogens (tertiary/aromatic N) is 3. The van der Waals surface area contributed by atoms with Gasteiger partial charge in [-0.05, 0) is 62.3 Å². The molecule has 4 rings (SSSR count). The Kier molecular flexibility index (Phi) is 4.08. The van der Waals surface area contributed by atoms with Crippen LogP contribution in [0.4, 0.5) is 5.69 Å². The molecule has 0 spiro atoms. The van der Waals surface area contributed by atoms with Gasteiger partial charge in [-0.25, -0.2) is 0 Å². The standard InChI is InChI=1S/C18H22N4OS/c1-11(24-18-21-20-16(22(18)2)13-6-7-13)17(23)19-15-9-8-12-4-3-5-14(12)10-15/h8-11,13H,3-7H2,1-2H3,(H,19,23)/t11-/m0/s1. The summed E-state index contributed by atoms with van der Waals surface area (Å²) in [5.41, 5.74) is 3.68. The molecule has 126 valence electrons. The summed E-state index contributed by atoms with van der Waals surface area (Å²) in [5, 5.41) is 12.2. The average molecular weight is 342 g/mol. The number of nitrogens with one attached hydrogen (secondary N) is 1. The third-order valence-electron chi connectivity index (χ3n) is 4.83. The van der Waals surface area contributed by atoms with Crippen LogP contribution < -0.4 is 5.32 Å². The Morgan fingerprint density at radius 1 is 1.29 bits per heavy atom. The van der Waals surface area contributed by atoms with Gasteiger partial charge in [-0.2, -0.15) is 0 Å². The zero-order valence-electron chi connectivity index (χ0n) is 14.1. The first-order valence-electron chi connectivity index (χ1n) is 8.60. The second-order valence-corrected chi connectivity index (χ2v) is 8.07. The number of aryl methyl sites for hydroxylation is 2. The number of fused-ring (bicyclic) bond motifs is 1. The number of rotatable bonds is 5. The van der Waals surface area contributed by atoms with Crippen molar-refractivity contribution in [2.75, 3.05) is 5.32 Å². The minimum absolute atomic E-state index is 0.00826. The Morgan fingerprint density at radius 3 is 2.88 bits per heavy atom. The van der Waals surface area contributed by atoms with Crippen LogP contribution in [0.5, 0.6) is 0 Å². The van der Waals surface area contributed by atoms with Crippen LogP contribution in [0.3, 0.4) is 0 Å². The van der Waals surface area contributed by atoms with Gasteiger partial charge in [0.15, 0.2) is 5.16 Å². The van der Waals surface area contributed by atoms with Crippen LogP contribution in [0.15, 0.2) is 23.4 Å². The van der Waals surface area contributed by atoms with E-state index in [1.54, 1.807) is 0 Å². The number of carbonyl (C=O) groups is 1. The van der Waals surface area contributed by atoms with Crippen LogP contribution in [0.25, 0.3) is 0 Å². The quantitative estimate of drug-likeness (QED) is 0.847. The lowest BCUT2D eigenvalue weighted by Gasteiger charge is -2.12. The predicted molar refractivity (Wildman–Crippen MR) is 95.4 cm³/mol. The number of anilines is 1. The van der Waals surface area contributed by atoms with Crippen LogP contribution in [-0.2, 0) is 24.7 Å². The van der Waals surface area contributed by atoms with Gasteiger partial charge in [0, 0.05) is 18.7 Å². The summed E-state index contributed by atoms with van der Waals surface area (Å²) in [7, 11) is 1.99. The predicted octanol–water partition coefficient (Wildman–Crippen LogP) is 3.30. The maximum absolute atomic E-state index is 12.5. The average Bonchev–Trinajstić information content (AvgIpc) is 3.19. The molecule has 1 saturated carbocycles. The highest BCUT2D eigenvalue weighted by Gasteiger charge is 2.30. The second kappa shape index (κ2) is 6.24. The highest BCUT2D eigenvalue weighted by atomic mass is 32.2. The number of carbonyl (C=O) groups excluding carboxylic acids is 1. The van der Waals surface area contributed by atoms with E-state index in [1.807, 2.05) is 24.6 Å². The molecule has 2 aliphatic rings. The number of benzene rings is 1. The van der Waals surface area contributed by atoms with E-state index in [2.05, 4.69) is 27.6 Å². The zero-order valence-corrected chi connectivity index (χ0v) is 14.9. The van der Waals surface area contributed by atoms with Crippen molar-refractivity contribution in [1.29, 1.82) is 0 Å². The van der Waals surface area contributed by atoms with Gasteiger partial charge in [-0.3, -0.25) is 4.79 Å². The number of aromatic nitrogens is 3. The largest absolute Gasteiger partial charge is 0.325 e. The van der Waals surface area contributed by atoms with Crippen molar-refractivity contribution in [3.63, 3.8) is 0 Å². The Balaban J connectivity index is 1.40. The highest BCUT2D eigenvalue weighted by molar-refractivity contribution is 8.00. The molecule has 1 amide bonds. The molecular weight excluding hydrogens is 320 g/mol. The van der Waals surface area contributed by atoms with E-state index in [4.69, 9.17) is 0 Å². The molecule has 1 aromatic heterocycles. The molecule has 0 radical (unpaired) electrons. The highest BCUT2D eigenvalue weighted by Crippen LogP contribution is 2.39. The number of amides is 1. The van der Waals surface area contributed by atoms with Crippen LogP contribution in [0.2, 0.25) is 0 Å². The van der Waals surface area contributed by atoms with Gasteiger partial charge >= 0.3 is 0 Å². The molecule has 0 unspecified atom stereocenters. The number of hydrogen-bond donors (Lipinski definition) is 1. The number of hydrogen-bond acceptors (Lipinski definition) is 4. The molecule has 1 aromatic carbocycles. The van der Waals surface area contributed by atoms with Gasteiger partial charge in [0.1, 0.15) is 5.82 Å². The molecule has 5 nitrogen and oxygen atoms in total. The topological polar surface area (TPSA) is 59.8 Å². The fourth-order valence-corrected chi connectivity index (χ4v) is 4.05. The molecule has 0 saturated heterocycles. The summed E-state index contributed by atoms with van der Waals surface area (Å²) < 4.78 is 2.03. The summed E-state index contributed by atoms with van der Waals surface area (Å²) >= 11 is 1.47. The molecule has 2 aliphatic carbocycles. The van der Waals surface area contributed by atoms with Gasteiger partial charge in [-0.15, -0.1) is 10.2 Å². The van der Waals surface area contributed by atoms with Crippen molar-refractivity contribution in [2.45, 2.75) is 55.4 Å². The molecule has 0 aliphatic heterocycles. The maximum Gasteiger partial charge on any atom is 0.237 e. The molecule has 24 heavy (non-hydrogen) atoms. The van der Waals surface area contributed by atoms with Crippen LogP contribution in [-0.4, -0.2) is 25.9 Å². The Hall–Kier alpha value is -1.82. The molecule has 1 N–H and O–H groups in total. The summed E-state index contributed by atoms with van der Waals surface area (Å²) in [5.74, 6) is 1.62. The van der Waals surface area contributed by atoms with Crippen LogP contribution in [0.1, 0.15) is 49.1 Å². The Labute approximate surface area is 146 Å². The normalized spacial score (nSPS) is 17.6. The van der Waals surface area contributed by atoms with E-state index >= 15 is 0 Å². The minimum atomic E-state index is -0.215. The first kappa shape index (κ1) is 15.7. The maximum atomic E-state index is 12.5. The SMILES string of the molecule is C[C@H](Sc1nnc(C2CC2)n1C)C(=O)Nc1ccc2c(c1)CCC2. The molecule has 1 fully saturated rings. The van der Waals surface area contributed by atoms with Gasteiger partial charge in [0.2, 0.25) is 5.91 Å². The third kappa shape index (κ3) is 3.07. The van der Waals surface area contributed by atoms with Crippen molar-refractivity contribution in [1.82, 2.24) is 14.8 Å². The van der Waals surface area contributed by atoms with E-state index in [-0.39, 0.29) is 11.2 Å². The minimum Gasteiger partial charge on any atom is -0.325 e. The summed E-state index contributed by atoms with van der Waals surface area (Å²) in [6, 6.07) is 6.26. The molecule has 0 bridgehead atoms. The van der Waals surface area contributed by atoms with Gasteiger partial charge in [0.05, 0.1) is 5.25 Å². The van der Waals surface area contributed by atoms with Crippen molar-refractivity contribution < 1.29 is 4.79 Å². The lowest BCUT2D eigenvalue weighted by molar-refractivity contribution is -0.115. The summed E-state index contributed by atoms with van der Waals surface area (Å²) in [6.45, 7) is 1.92. The van der Waals surface area contributed by atoms with Crippen molar-refractivity contribution in [3.05, 3.63) is 35.2 Å². The summed E-state index contributed by atoms with van der Waals surface area (Å²) in [6.07, 6.45) is 5.89. The number of thioether (sulfide) groups is 1. The zero-order chi connectivity index (χ0) is 16.7. The van der Waals surface area contributed by atoms with Gasteiger partial charge in [-0.1, -0.05) is 17.8 Å². The summed E-state index contributed by atoms with van der Waals surface area (Å²) in [4.78, 5) is 12.5. The first-order chi connectivity index (χ1) is 11.6. The van der Waals surface area contributed by atoms with E-state index < -0.39 is 0 Å². The molecule has 6 heteroatoms. The van der Waals surface area contributed by atoms with Crippen molar-refractivity contribution in [3.8, 4) is 0 Å². The Bertz CT molecular complexity index is 781. The molecule has 1 heterocycles. The van der Waals surface area contributed by atoms with Gasteiger partial charge in [0.25, 0.3) is 0 Å². The fourth-order valence-electron chi connectivity index (χ4n) is 3.23. The van der Waals surface area contributed by atoms with Gasteiger partial charge < -0.3 is 9.88 Å². The fraction of sp³-hybridized carbons (Fsp3) is 0.500. The smallest absolute Gasteiger partial charge is 0.237 e. The van der Waals surface area contributed by atoms with E-state index in [0.717, 1.165) is 29.5 Å². The van der Waals surface area contributed by atoms with Crippen LogP contribution >= 0.6 is 11.8 Å². The van der Waals surface area contributed by atoms with E-state index in [9.17, 15) is 4.79 Å². The van der Waals surface area contributed by atoms with E-state index in [0.29, 0.717) is 5.92 Å². The lowest BCUT2D eigenvalue weighted by atomic mass is 10.1. The molecular formula is C18H22N4OS. The lowest BCUT2D eigenvalue weighted by Crippen LogP contribution is -2.23. The third-order valence-corrected chi connectivity index (χ3v) is 5.96. The second-order valence-electron chi connectivity index (χ2n) is 6.76. The monoisotopic (exact) mass is 342 g/mol. The van der Waals surface area contributed by atoms with Crippen molar-refractivity contribution in [2.24, 2.45) is 7.05 Å². The van der Waals surface area contributed by atoms with E-state index in [1.165, 1.54) is 42.2 Å².